The van der Waals surface area contributed by atoms with E-state index in [1.54, 1.807) is 13.8 Å². The van der Waals surface area contributed by atoms with Gasteiger partial charge in [-0.25, -0.2) is 9.59 Å². The second kappa shape index (κ2) is 9.84. The third kappa shape index (κ3) is 5.77. The molecule has 0 saturated carbocycles. The van der Waals surface area contributed by atoms with Gasteiger partial charge in [-0.1, -0.05) is 41.9 Å². The third-order valence-electron chi connectivity index (χ3n) is 2.71. The highest BCUT2D eigenvalue weighted by Gasteiger charge is 2.21. The molecule has 1 N–H and O–H groups in total. The van der Waals surface area contributed by atoms with Crippen molar-refractivity contribution in [3.05, 3.63) is 46.6 Å². The number of benzene rings is 1. The molecule has 0 aliphatic rings. The molecule has 6 heteroatoms. The number of rotatable bonds is 8. The zero-order valence-corrected chi connectivity index (χ0v) is 13.5. The monoisotopic (exact) mass is 325 g/mol. The zero-order chi connectivity index (χ0) is 16.4. The van der Waals surface area contributed by atoms with Crippen molar-refractivity contribution >= 4 is 23.5 Å². The highest BCUT2D eigenvalue weighted by atomic mass is 35.5. The van der Waals surface area contributed by atoms with E-state index in [1.165, 1.54) is 0 Å². The Morgan fingerprint density at radius 1 is 1.05 bits per heavy atom. The van der Waals surface area contributed by atoms with Crippen molar-refractivity contribution in [2.75, 3.05) is 19.8 Å². The van der Waals surface area contributed by atoms with E-state index < -0.39 is 11.9 Å². The maximum absolute atomic E-state index is 11.9. The summed E-state index contributed by atoms with van der Waals surface area (Å²) >= 11 is 5.93. The molecule has 120 valence electrons. The molecule has 0 aliphatic carbocycles. The van der Waals surface area contributed by atoms with Crippen molar-refractivity contribution in [3.8, 4) is 0 Å². The van der Waals surface area contributed by atoms with Crippen molar-refractivity contribution in [1.29, 1.82) is 0 Å². The molecule has 0 aliphatic heterocycles. The van der Waals surface area contributed by atoms with Gasteiger partial charge in [0.05, 0.1) is 13.2 Å². The van der Waals surface area contributed by atoms with Crippen LogP contribution in [0.3, 0.4) is 0 Å². The summed E-state index contributed by atoms with van der Waals surface area (Å²) in [4.78, 5) is 23.6. The lowest BCUT2D eigenvalue weighted by molar-refractivity contribution is -0.141. The van der Waals surface area contributed by atoms with Crippen molar-refractivity contribution < 1.29 is 19.1 Å². The molecule has 0 spiro atoms. The Hall–Kier alpha value is -2.01. The number of ether oxygens (including phenoxy) is 2. The second-order valence-electron chi connectivity index (χ2n) is 4.29. The van der Waals surface area contributed by atoms with Gasteiger partial charge in [-0.15, -0.1) is 0 Å². The molecule has 1 aromatic rings. The van der Waals surface area contributed by atoms with Crippen molar-refractivity contribution in [3.63, 3.8) is 0 Å². The van der Waals surface area contributed by atoms with Gasteiger partial charge in [0, 0.05) is 6.54 Å². The van der Waals surface area contributed by atoms with Crippen LogP contribution >= 0.6 is 11.6 Å². The summed E-state index contributed by atoms with van der Waals surface area (Å²) in [5.41, 5.74) is 1.03. The smallest absolute Gasteiger partial charge is 0.356 e. The number of nitrogens with one attached hydrogen (secondary N) is 1. The van der Waals surface area contributed by atoms with E-state index in [0.717, 1.165) is 5.56 Å². The molecule has 0 radical (unpaired) electrons. The van der Waals surface area contributed by atoms with Crippen LogP contribution in [0.2, 0.25) is 0 Å². The molecular formula is C16H20ClNO4. The van der Waals surface area contributed by atoms with Gasteiger partial charge >= 0.3 is 11.9 Å². The van der Waals surface area contributed by atoms with E-state index in [4.69, 9.17) is 21.1 Å². The standard InChI is InChI=1S/C16H20ClNO4/c1-3-21-15(19)13(17)14(16(20)22-4-2)18-11-10-12-8-6-5-7-9-12/h5-9,18H,3-4,10-11H2,1-2H3/b14-13+. The summed E-state index contributed by atoms with van der Waals surface area (Å²) in [6.07, 6.45) is 0.677. The largest absolute Gasteiger partial charge is 0.462 e. The Bertz CT molecular complexity index is 528. The summed E-state index contributed by atoms with van der Waals surface area (Å²) in [7, 11) is 0. The number of carbonyl (C=O) groups is 2. The van der Waals surface area contributed by atoms with Crippen LogP contribution in [0, 0.1) is 0 Å². The minimum absolute atomic E-state index is 0.0714. The fraction of sp³-hybridized carbons (Fsp3) is 0.375. The van der Waals surface area contributed by atoms with Gasteiger partial charge in [-0.05, 0) is 25.8 Å². The van der Waals surface area contributed by atoms with E-state index in [-0.39, 0.29) is 23.9 Å². The number of esters is 2. The number of hydrogen-bond donors (Lipinski definition) is 1. The molecule has 5 nitrogen and oxygen atoms in total. The van der Waals surface area contributed by atoms with Crippen molar-refractivity contribution in [1.82, 2.24) is 5.32 Å². The molecule has 0 atom stereocenters. The van der Waals surface area contributed by atoms with Crippen LogP contribution in [0.15, 0.2) is 41.1 Å². The average molecular weight is 326 g/mol. The molecule has 0 saturated heterocycles. The van der Waals surface area contributed by atoms with Crippen LogP contribution in [0.5, 0.6) is 0 Å². The van der Waals surface area contributed by atoms with Crippen LogP contribution in [0.4, 0.5) is 0 Å². The Morgan fingerprint density at radius 2 is 1.64 bits per heavy atom. The SMILES string of the molecule is CCOC(=O)/C(Cl)=C(\NCCc1ccccc1)C(=O)OCC. The summed E-state index contributed by atoms with van der Waals surface area (Å²) in [6, 6.07) is 9.75. The zero-order valence-electron chi connectivity index (χ0n) is 12.7. The average Bonchev–Trinajstić information content (AvgIpc) is 2.52. The summed E-state index contributed by atoms with van der Waals surface area (Å²) in [5.74, 6) is -1.42. The van der Waals surface area contributed by atoms with Crippen LogP contribution in [0.1, 0.15) is 19.4 Å². The first-order valence-corrected chi connectivity index (χ1v) is 7.49. The van der Waals surface area contributed by atoms with Gasteiger partial charge in [0.1, 0.15) is 5.70 Å². The van der Waals surface area contributed by atoms with Crippen LogP contribution in [-0.2, 0) is 25.5 Å². The molecule has 1 rings (SSSR count). The molecule has 0 amide bonds. The second-order valence-corrected chi connectivity index (χ2v) is 4.67. The van der Waals surface area contributed by atoms with E-state index in [1.807, 2.05) is 30.3 Å². The summed E-state index contributed by atoms with van der Waals surface area (Å²) in [6.45, 7) is 4.14. The molecule has 0 fully saturated rings. The van der Waals surface area contributed by atoms with Crippen molar-refractivity contribution in [2.45, 2.75) is 20.3 Å². The highest BCUT2D eigenvalue weighted by Crippen LogP contribution is 2.12. The van der Waals surface area contributed by atoms with Gasteiger partial charge in [0.15, 0.2) is 5.03 Å². The first-order chi connectivity index (χ1) is 10.6. The topological polar surface area (TPSA) is 64.6 Å². The highest BCUT2D eigenvalue weighted by molar-refractivity contribution is 6.43. The summed E-state index contributed by atoms with van der Waals surface area (Å²) in [5, 5.41) is 2.57. The maximum atomic E-state index is 11.9. The molecule has 1 aromatic carbocycles. The molecule has 0 aromatic heterocycles. The van der Waals surface area contributed by atoms with Crippen LogP contribution < -0.4 is 5.32 Å². The first kappa shape index (κ1) is 18.0. The fourth-order valence-electron chi connectivity index (χ4n) is 1.72. The number of carbonyl (C=O) groups excluding carboxylic acids is 2. The molecule has 0 bridgehead atoms. The lowest BCUT2D eigenvalue weighted by atomic mass is 10.1. The summed E-state index contributed by atoms with van der Waals surface area (Å²) < 4.78 is 9.71. The van der Waals surface area contributed by atoms with E-state index in [9.17, 15) is 9.59 Å². The van der Waals surface area contributed by atoms with Crippen LogP contribution in [0.25, 0.3) is 0 Å². The molecule has 22 heavy (non-hydrogen) atoms. The lowest BCUT2D eigenvalue weighted by Gasteiger charge is -2.12. The third-order valence-corrected chi connectivity index (χ3v) is 3.06. The number of hydrogen-bond acceptors (Lipinski definition) is 5. The van der Waals surface area contributed by atoms with E-state index in [2.05, 4.69) is 5.32 Å². The fourth-order valence-corrected chi connectivity index (χ4v) is 1.91. The Balaban J connectivity index is 2.76. The predicted molar refractivity (Wildman–Crippen MR) is 84.3 cm³/mol. The maximum Gasteiger partial charge on any atom is 0.356 e. The quantitative estimate of drug-likeness (QED) is 0.587. The van der Waals surface area contributed by atoms with Crippen molar-refractivity contribution in [2.24, 2.45) is 0 Å². The molecule has 0 heterocycles. The lowest BCUT2D eigenvalue weighted by Crippen LogP contribution is -2.27. The number of halogens is 1. The van der Waals surface area contributed by atoms with Gasteiger partial charge in [0.25, 0.3) is 0 Å². The Morgan fingerprint density at radius 3 is 2.23 bits per heavy atom. The molecule has 0 unspecified atom stereocenters. The molecular weight excluding hydrogens is 306 g/mol. The Labute approximate surface area is 135 Å². The van der Waals surface area contributed by atoms with Crippen LogP contribution in [-0.4, -0.2) is 31.7 Å². The predicted octanol–water partition coefficient (Wildman–Crippen LogP) is 2.40. The van der Waals surface area contributed by atoms with Gasteiger partial charge in [0.2, 0.25) is 0 Å². The minimum atomic E-state index is -0.751. The minimum Gasteiger partial charge on any atom is -0.462 e. The van der Waals surface area contributed by atoms with Gasteiger partial charge in [-0.2, -0.15) is 0 Å². The van der Waals surface area contributed by atoms with E-state index >= 15 is 0 Å². The first-order valence-electron chi connectivity index (χ1n) is 7.11. The normalized spacial score (nSPS) is 11.4. The van der Waals surface area contributed by atoms with Gasteiger partial charge < -0.3 is 14.8 Å². The van der Waals surface area contributed by atoms with Gasteiger partial charge in [-0.3, -0.25) is 0 Å². The van der Waals surface area contributed by atoms with E-state index in [0.29, 0.717) is 13.0 Å². The Kier molecular flexibility index (Phi) is 8.07.